The summed E-state index contributed by atoms with van der Waals surface area (Å²) in [5.74, 6) is 0.246. The summed E-state index contributed by atoms with van der Waals surface area (Å²) < 4.78 is 1.09. The first kappa shape index (κ1) is 9.39. The molecular weight excluding hydrogens is 202 g/mol. The minimum absolute atomic E-state index is 0.246. The highest BCUT2D eigenvalue weighted by Crippen LogP contribution is 2.30. The average Bonchev–Trinajstić information content (AvgIpc) is 2.28. The largest absolute Gasteiger partial charge is 0.237 e. The van der Waals surface area contributed by atoms with Gasteiger partial charge in [-0.1, -0.05) is 6.92 Å². The van der Waals surface area contributed by atoms with E-state index in [4.69, 9.17) is 0 Å². The maximum atomic E-state index is 11.4. The predicted octanol–water partition coefficient (Wildman–Crippen LogP) is 2.03. The maximum Gasteiger partial charge on any atom is 0.218 e. The number of nitrogens with zero attached hydrogens (tertiary/aromatic N) is 3. The van der Waals surface area contributed by atoms with Gasteiger partial charge in [-0.3, -0.25) is 0 Å². The van der Waals surface area contributed by atoms with Gasteiger partial charge in [0.25, 0.3) is 0 Å². The van der Waals surface area contributed by atoms with Crippen molar-refractivity contribution in [3.05, 3.63) is 40.6 Å². The van der Waals surface area contributed by atoms with Crippen molar-refractivity contribution < 1.29 is 4.76 Å². The van der Waals surface area contributed by atoms with Gasteiger partial charge in [-0.15, -0.1) is 0 Å². The molecule has 16 heavy (non-hydrogen) atoms. The third-order valence-corrected chi connectivity index (χ3v) is 3.08. The summed E-state index contributed by atoms with van der Waals surface area (Å²) in [5, 5.41) is 1.08. The Bertz CT molecular complexity index is 579. The maximum absolute atomic E-state index is 11.4. The van der Waals surface area contributed by atoms with E-state index < -0.39 is 0 Å². The van der Waals surface area contributed by atoms with Crippen molar-refractivity contribution in [1.29, 1.82) is 0 Å². The van der Waals surface area contributed by atoms with Gasteiger partial charge in [0.15, 0.2) is 12.2 Å². The number of rotatable bonds is 0. The summed E-state index contributed by atoms with van der Waals surface area (Å²) in [5.41, 5.74) is 3.05. The average molecular weight is 214 g/mol. The second-order valence-corrected chi connectivity index (χ2v) is 4.30. The summed E-state index contributed by atoms with van der Waals surface area (Å²) in [6.07, 6.45) is 3.53. The molecule has 0 N–H and O–H groups in total. The third-order valence-electron chi connectivity index (χ3n) is 3.08. The van der Waals surface area contributed by atoms with Gasteiger partial charge in [-0.05, 0) is 17.7 Å². The van der Waals surface area contributed by atoms with Crippen molar-refractivity contribution in [2.45, 2.75) is 19.4 Å². The molecular formula is C12H12N3O+. The molecule has 0 amide bonds. The molecule has 1 aliphatic heterocycles. The molecule has 1 unspecified atom stereocenters. The van der Waals surface area contributed by atoms with Crippen molar-refractivity contribution in [3.63, 3.8) is 0 Å². The van der Waals surface area contributed by atoms with E-state index in [1.54, 1.807) is 12.4 Å². The Morgan fingerprint density at radius 2 is 2.31 bits per heavy atom. The second kappa shape index (κ2) is 3.33. The molecule has 0 aliphatic carbocycles. The molecule has 1 aliphatic rings. The van der Waals surface area contributed by atoms with Gasteiger partial charge < -0.3 is 0 Å². The molecule has 80 valence electrons. The van der Waals surface area contributed by atoms with Crippen LogP contribution in [0.4, 0.5) is 0 Å². The molecule has 1 atom stereocenters. The van der Waals surface area contributed by atoms with Gasteiger partial charge >= 0.3 is 0 Å². The fourth-order valence-electron chi connectivity index (χ4n) is 2.45. The quantitative estimate of drug-likeness (QED) is 0.630. The van der Waals surface area contributed by atoms with E-state index in [-0.39, 0.29) is 5.92 Å². The monoisotopic (exact) mass is 214 g/mol. The highest BCUT2D eigenvalue weighted by Gasteiger charge is 2.29. The van der Waals surface area contributed by atoms with Crippen molar-refractivity contribution >= 4 is 11.0 Å². The summed E-state index contributed by atoms with van der Waals surface area (Å²) in [4.78, 5) is 20.0. The van der Waals surface area contributed by atoms with E-state index in [1.165, 1.54) is 5.56 Å². The molecule has 2 aromatic rings. The lowest BCUT2D eigenvalue weighted by atomic mass is 9.91. The fraction of sp³-hybridized carbons (Fsp3) is 0.333. The van der Waals surface area contributed by atoms with E-state index in [1.807, 2.05) is 12.1 Å². The van der Waals surface area contributed by atoms with Crippen LogP contribution >= 0.6 is 0 Å². The highest BCUT2D eigenvalue weighted by molar-refractivity contribution is 5.80. The smallest absolute Gasteiger partial charge is 0.218 e. The van der Waals surface area contributed by atoms with Gasteiger partial charge in [0.2, 0.25) is 6.54 Å². The topological polar surface area (TPSA) is 45.9 Å². The summed E-state index contributed by atoms with van der Waals surface area (Å²) in [7, 11) is 0. The van der Waals surface area contributed by atoms with Crippen LogP contribution in [0, 0.1) is 4.91 Å². The van der Waals surface area contributed by atoms with Crippen LogP contribution in [0.2, 0.25) is 0 Å². The predicted molar refractivity (Wildman–Crippen MR) is 60.2 cm³/mol. The minimum atomic E-state index is 0.246. The SMILES string of the molecule is CC1C[N+](=O)Cc2cnc3ncccc3c21. The minimum Gasteiger partial charge on any atom is -0.237 e. The Kier molecular flexibility index (Phi) is 1.96. The van der Waals surface area contributed by atoms with Gasteiger partial charge in [-0.25, -0.2) is 9.97 Å². The number of pyridine rings is 2. The van der Waals surface area contributed by atoms with Crippen molar-refractivity contribution in [3.8, 4) is 0 Å². The Hall–Kier alpha value is -1.84. The first-order valence-corrected chi connectivity index (χ1v) is 5.40. The van der Waals surface area contributed by atoms with Gasteiger partial charge in [-0.2, -0.15) is 0 Å². The van der Waals surface area contributed by atoms with Gasteiger partial charge in [0.05, 0.1) is 0 Å². The van der Waals surface area contributed by atoms with E-state index in [2.05, 4.69) is 16.9 Å². The zero-order valence-corrected chi connectivity index (χ0v) is 9.05. The first-order valence-electron chi connectivity index (χ1n) is 5.40. The van der Waals surface area contributed by atoms with Crippen molar-refractivity contribution in [2.24, 2.45) is 0 Å². The second-order valence-electron chi connectivity index (χ2n) is 4.30. The zero-order chi connectivity index (χ0) is 11.1. The molecule has 2 aromatic heterocycles. The molecule has 0 fully saturated rings. The highest BCUT2D eigenvalue weighted by atomic mass is 16.3. The van der Waals surface area contributed by atoms with Crippen LogP contribution in [0.1, 0.15) is 24.0 Å². The Balaban J connectivity index is 2.33. The lowest BCUT2D eigenvalue weighted by Crippen LogP contribution is -2.23. The third kappa shape index (κ3) is 1.30. The normalized spacial score (nSPS) is 19.8. The number of aromatic nitrogens is 2. The standard InChI is InChI=1S/C12H12N3O/c1-8-6-15(16)7-9-5-14-12-10(11(8)9)3-2-4-13-12/h2-5,8H,6-7H2,1H3/q+1. The Labute approximate surface area is 92.9 Å². The lowest BCUT2D eigenvalue weighted by Gasteiger charge is -2.17. The van der Waals surface area contributed by atoms with Crippen LogP contribution in [0.15, 0.2) is 24.5 Å². The van der Waals surface area contributed by atoms with Crippen LogP contribution in [0.25, 0.3) is 11.0 Å². The number of nitroso groups, excluding NO2 is 1. The van der Waals surface area contributed by atoms with E-state index >= 15 is 0 Å². The number of hydrogen-bond acceptors (Lipinski definition) is 3. The number of fused-ring (bicyclic) bond motifs is 3. The summed E-state index contributed by atoms with van der Waals surface area (Å²) >= 11 is 0. The van der Waals surface area contributed by atoms with E-state index in [9.17, 15) is 4.91 Å². The van der Waals surface area contributed by atoms with Crippen LogP contribution < -0.4 is 0 Å². The van der Waals surface area contributed by atoms with Gasteiger partial charge in [0.1, 0.15) is 0 Å². The molecule has 0 radical (unpaired) electrons. The number of hydrogen-bond donors (Lipinski definition) is 0. The van der Waals surface area contributed by atoms with Crippen LogP contribution in [-0.4, -0.2) is 21.3 Å². The molecule has 0 saturated heterocycles. The van der Waals surface area contributed by atoms with E-state index in [0.29, 0.717) is 13.1 Å². The molecule has 4 nitrogen and oxygen atoms in total. The van der Waals surface area contributed by atoms with Crippen LogP contribution in [-0.2, 0) is 6.54 Å². The first-order chi connectivity index (χ1) is 7.75. The van der Waals surface area contributed by atoms with Crippen LogP contribution in [0.3, 0.4) is 0 Å². The fourth-order valence-corrected chi connectivity index (χ4v) is 2.45. The van der Waals surface area contributed by atoms with Crippen molar-refractivity contribution in [2.75, 3.05) is 6.54 Å². The van der Waals surface area contributed by atoms with Crippen LogP contribution in [0.5, 0.6) is 0 Å². The Morgan fingerprint density at radius 1 is 1.44 bits per heavy atom. The lowest BCUT2D eigenvalue weighted by molar-refractivity contribution is -0.571. The van der Waals surface area contributed by atoms with Crippen molar-refractivity contribution in [1.82, 2.24) is 9.97 Å². The molecule has 0 aromatic carbocycles. The van der Waals surface area contributed by atoms with E-state index in [0.717, 1.165) is 21.4 Å². The summed E-state index contributed by atoms with van der Waals surface area (Å²) in [6, 6.07) is 3.95. The molecule has 0 saturated carbocycles. The molecule has 3 heterocycles. The molecule has 4 heteroatoms. The summed E-state index contributed by atoms with van der Waals surface area (Å²) in [6.45, 7) is 3.08. The van der Waals surface area contributed by atoms with Gasteiger partial charge in [0, 0.05) is 38.9 Å². The molecule has 3 rings (SSSR count). The Morgan fingerprint density at radius 3 is 3.19 bits per heavy atom. The molecule has 0 spiro atoms. The zero-order valence-electron chi connectivity index (χ0n) is 9.05. The molecule has 0 bridgehead atoms.